The van der Waals surface area contributed by atoms with Crippen molar-refractivity contribution < 1.29 is 23.8 Å². The van der Waals surface area contributed by atoms with E-state index in [1.165, 1.54) is 18.3 Å². The zero-order chi connectivity index (χ0) is 31.9. The molecule has 2 aliphatic rings. The van der Waals surface area contributed by atoms with Gasteiger partial charge in [-0.05, 0) is 47.4 Å². The number of H-pyrrole nitrogens is 2. The molecule has 0 bridgehead atoms. The van der Waals surface area contributed by atoms with Crippen LogP contribution < -0.4 is 4.90 Å². The lowest BCUT2D eigenvalue weighted by Crippen LogP contribution is -2.36. The quantitative estimate of drug-likeness (QED) is 0.233. The molecule has 0 unspecified atom stereocenters. The topological polar surface area (TPSA) is 156 Å². The number of ether oxygens (including phenoxy) is 1. The second-order valence-electron chi connectivity index (χ2n) is 11.4. The molecular formula is C32H32FN9O4. The highest BCUT2D eigenvalue weighted by Crippen LogP contribution is 2.34. The first-order valence-electron chi connectivity index (χ1n) is 15.1. The van der Waals surface area contributed by atoms with Crippen LogP contribution >= 0.6 is 0 Å². The highest BCUT2D eigenvalue weighted by molar-refractivity contribution is 5.94. The largest absolute Gasteiger partial charge is 0.505 e. The molecule has 0 saturated carbocycles. The number of hydrogen-bond donors (Lipinski definition) is 3. The highest BCUT2D eigenvalue weighted by Gasteiger charge is 2.27. The Bertz CT molecular complexity index is 1960. The summed E-state index contributed by atoms with van der Waals surface area (Å²) in [4.78, 5) is 47.2. The summed E-state index contributed by atoms with van der Waals surface area (Å²) in [7, 11) is 1.86. The summed E-state index contributed by atoms with van der Waals surface area (Å²) in [6, 6.07) is 8.56. The molecule has 0 spiro atoms. The number of carbonyl (C=O) groups is 2. The number of halogens is 1. The summed E-state index contributed by atoms with van der Waals surface area (Å²) < 4.78 is 19.2. The van der Waals surface area contributed by atoms with E-state index in [0.717, 1.165) is 33.4 Å². The number of aryl methyl sites for hydroxylation is 1. The lowest BCUT2D eigenvalue weighted by Gasteiger charge is -2.26. The molecule has 46 heavy (non-hydrogen) atoms. The van der Waals surface area contributed by atoms with Crippen molar-refractivity contribution in [3.05, 3.63) is 71.2 Å². The first kappa shape index (κ1) is 29.2. The van der Waals surface area contributed by atoms with Crippen LogP contribution in [0.25, 0.3) is 33.5 Å². The van der Waals surface area contributed by atoms with Crippen LogP contribution in [0.3, 0.4) is 0 Å². The van der Waals surface area contributed by atoms with Crippen LogP contribution in [0.4, 0.5) is 15.0 Å². The number of aromatic hydroxyl groups is 1. The van der Waals surface area contributed by atoms with Gasteiger partial charge in [0.15, 0.2) is 17.4 Å². The highest BCUT2D eigenvalue weighted by atomic mass is 19.1. The van der Waals surface area contributed by atoms with Gasteiger partial charge in [0, 0.05) is 38.5 Å². The molecule has 14 heteroatoms. The Labute approximate surface area is 263 Å². The molecule has 2 aliphatic heterocycles. The van der Waals surface area contributed by atoms with Gasteiger partial charge in [-0.25, -0.2) is 24.1 Å². The number of nitrogens with zero attached hydrogens (tertiary/aromatic N) is 7. The molecule has 0 aliphatic carbocycles. The Hall–Kier alpha value is -5.53. The van der Waals surface area contributed by atoms with Crippen LogP contribution in [0.1, 0.15) is 34.4 Å². The minimum Gasteiger partial charge on any atom is -0.505 e. The number of aromatic amines is 2. The van der Waals surface area contributed by atoms with Crippen molar-refractivity contribution in [2.24, 2.45) is 0 Å². The number of cyclic esters (lactones) is 1. The molecule has 1 fully saturated rings. The molecular weight excluding hydrogens is 593 g/mol. The van der Waals surface area contributed by atoms with Gasteiger partial charge in [0.1, 0.15) is 23.8 Å². The zero-order valence-corrected chi connectivity index (χ0v) is 25.4. The predicted octanol–water partition coefficient (Wildman–Crippen LogP) is 3.90. The number of aromatic nitrogens is 6. The third kappa shape index (κ3) is 5.35. The lowest BCUT2D eigenvalue weighted by atomic mass is 9.96. The van der Waals surface area contributed by atoms with Gasteiger partial charge in [-0.1, -0.05) is 13.0 Å². The van der Waals surface area contributed by atoms with Crippen molar-refractivity contribution in [1.82, 2.24) is 39.9 Å². The van der Waals surface area contributed by atoms with Crippen molar-refractivity contribution in [2.75, 3.05) is 44.7 Å². The van der Waals surface area contributed by atoms with Gasteiger partial charge in [-0.3, -0.25) is 9.89 Å². The molecule has 5 heterocycles. The van der Waals surface area contributed by atoms with Crippen molar-refractivity contribution in [2.45, 2.75) is 26.3 Å². The van der Waals surface area contributed by atoms with Crippen molar-refractivity contribution >= 4 is 28.7 Å². The fraction of sp³-hybridized carbons (Fsp3) is 0.312. The van der Waals surface area contributed by atoms with Crippen LogP contribution in [0.5, 0.6) is 5.75 Å². The van der Waals surface area contributed by atoms with E-state index in [2.05, 4.69) is 25.1 Å². The maximum Gasteiger partial charge on any atom is 0.409 e. The standard InChI is InChI=1S/C32H32FN9O4/c1-3-18-13-27(43)22(33)14-21(18)19-4-5-20-24(12-19)38-39-29(20)30-36-23-6-7-42(17-26(23)37-30)31(44)25-15-35-28(16-34-25)40(2)8-9-41-10-11-46-32(41)45/h4-5,12-16,43H,3,6-11,17H2,1-2H3,(H,36,37)(H,38,39). The number of rotatable bonds is 8. The van der Waals surface area contributed by atoms with E-state index in [9.17, 15) is 19.1 Å². The second-order valence-corrected chi connectivity index (χ2v) is 11.4. The van der Waals surface area contributed by atoms with Gasteiger partial charge in [-0.15, -0.1) is 0 Å². The summed E-state index contributed by atoms with van der Waals surface area (Å²) in [5.74, 6) is -0.0533. The molecule has 3 N–H and O–H groups in total. The second kappa shape index (κ2) is 11.8. The van der Waals surface area contributed by atoms with Crippen LogP contribution in [-0.4, -0.2) is 96.9 Å². The summed E-state index contributed by atoms with van der Waals surface area (Å²) in [5.41, 5.74) is 5.73. The Balaban J connectivity index is 1.04. The van der Waals surface area contributed by atoms with Gasteiger partial charge in [0.2, 0.25) is 0 Å². The fourth-order valence-corrected chi connectivity index (χ4v) is 5.92. The monoisotopic (exact) mass is 625 g/mol. The fourth-order valence-electron chi connectivity index (χ4n) is 5.92. The Morgan fingerprint density at radius 3 is 2.80 bits per heavy atom. The maximum atomic E-state index is 14.2. The number of likely N-dealkylation sites (N-methyl/N-ethyl adjacent to an activating group) is 1. The van der Waals surface area contributed by atoms with Crippen LogP contribution in [0.2, 0.25) is 0 Å². The number of fused-ring (bicyclic) bond motifs is 2. The third-order valence-electron chi connectivity index (χ3n) is 8.57. The molecule has 5 aromatic rings. The molecule has 236 valence electrons. The first-order valence-corrected chi connectivity index (χ1v) is 15.1. The average molecular weight is 626 g/mol. The number of benzene rings is 2. The molecule has 2 aromatic carbocycles. The van der Waals surface area contributed by atoms with Crippen LogP contribution in [0.15, 0.2) is 42.7 Å². The van der Waals surface area contributed by atoms with Crippen molar-refractivity contribution in [3.63, 3.8) is 0 Å². The van der Waals surface area contributed by atoms with Gasteiger partial charge in [0.05, 0.1) is 42.4 Å². The Morgan fingerprint density at radius 2 is 2.04 bits per heavy atom. The summed E-state index contributed by atoms with van der Waals surface area (Å²) in [6.45, 7) is 4.83. The number of phenols is 1. The number of phenolic OH excluding ortho intramolecular Hbond substituents is 1. The number of hydrogen-bond acceptors (Lipinski definition) is 9. The summed E-state index contributed by atoms with van der Waals surface area (Å²) in [6.07, 6.45) is 3.95. The van der Waals surface area contributed by atoms with E-state index in [4.69, 9.17) is 9.72 Å². The predicted molar refractivity (Wildman–Crippen MR) is 167 cm³/mol. The molecule has 0 radical (unpaired) electrons. The van der Waals surface area contributed by atoms with Gasteiger partial charge >= 0.3 is 6.09 Å². The molecule has 1 saturated heterocycles. The van der Waals surface area contributed by atoms with E-state index in [1.54, 1.807) is 16.0 Å². The van der Waals surface area contributed by atoms with Crippen LogP contribution in [-0.2, 0) is 24.1 Å². The van der Waals surface area contributed by atoms with Crippen LogP contribution in [0, 0.1) is 5.82 Å². The van der Waals surface area contributed by atoms with Gasteiger partial charge in [0.25, 0.3) is 5.91 Å². The van der Waals surface area contributed by atoms with E-state index in [-0.39, 0.29) is 23.4 Å². The SMILES string of the molecule is CCc1cc(O)c(F)cc1-c1ccc2c(-c3nc4c([nH]3)CN(C(=O)c3cnc(N(C)CCN5CCOC5=O)cn3)CC4)n[nH]c2c1. The average Bonchev–Trinajstić information content (AvgIpc) is 3.81. The first-order chi connectivity index (χ1) is 22.3. The summed E-state index contributed by atoms with van der Waals surface area (Å²) in [5, 5.41) is 18.2. The van der Waals surface area contributed by atoms with E-state index in [1.807, 2.05) is 37.1 Å². The number of carbonyl (C=O) groups excluding carboxylic acids is 2. The van der Waals surface area contributed by atoms with E-state index < -0.39 is 5.82 Å². The lowest BCUT2D eigenvalue weighted by molar-refractivity contribution is 0.0725. The minimum atomic E-state index is -0.665. The normalized spacial score (nSPS) is 14.5. The molecule has 3 aromatic heterocycles. The number of amides is 2. The third-order valence-corrected chi connectivity index (χ3v) is 8.57. The van der Waals surface area contributed by atoms with Crippen molar-refractivity contribution in [1.29, 1.82) is 0 Å². The number of nitrogens with one attached hydrogen (secondary N) is 2. The number of anilines is 1. The van der Waals surface area contributed by atoms with E-state index >= 15 is 0 Å². The molecule has 2 amide bonds. The molecule has 7 rings (SSSR count). The number of imidazole rings is 1. The molecule has 0 atom stereocenters. The molecule has 13 nitrogen and oxygen atoms in total. The van der Waals surface area contributed by atoms with Crippen molar-refractivity contribution in [3.8, 4) is 28.4 Å². The van der Waals surface area contributed by atoms with Gasteiger partial charge < -0.3 is 29.5 Å². The zero-order valence-electron chi connectivity index (χ0n) is 25.4. The summed E-state index contributed by atoms with van der Waals surface area (Å²) >= 11 is 0. The smallest absolute Gasteiger partial charge is 0.409 e. The van der Waals surface area contributed by atoms with Gasteiger partial charge in [-0.2, -0.15) is 5.10 Å². The Morgan fingerprint density at radius 1 is 1.17 bits per heavy atom. The Kier molecular flexibility index (Phi) is 7.47. The van der Waals surface area contributed by atoms with E-state index in [0.29, 0.717) is 75.1 Å². The minimum absolute atomic E-state index is 0.224. The maximum absolute atomic E-state index is 14.2.